The summed E-state index contributed by atoms with van der Waals surface area (Å²) in [4.78, 5) is 74.1. The van der Waals surface area contributed by atoms with Crippen molar-refractivity contribution in [1.29, 1.82) is 0 Å². The number of aliphatic hydroxyl groups excluding tert-OH is 1. The standard InChI is InChI=1S/C46H57F2N4O9PS3/c1-28(2)21-41(54)63-19-17-60-62(59,61-18-20-64-42(55)22-29(3)4)46(47,48)32-11-16-39-31(23-32)24-40(65-39)43(56)50-36-25-34(53)14-12-33-13-15-38(52(33)44(36)57)45(58)51-26-35(37(27-51)49-5)30-9-7-6-8-10-30/h6-11,16,23-24,28-29,33-38,53H,12-15,17-22,25-27H2,1-4H3,(H,50,56)/t33-,34-,35?,36-,37-,38-/m0/s1. The van der Waals surface area contributed by atoms with Gasteiger partial charge < -0.3 is 34.1 Å². The van der Waals surface area contributed by atoms with E-state index in [1.165, 1.54) is 12.1 Å². The Morgan fingerprint density at radius 1 is 0.938 bits per heavy atom. The zero-order chi connectivity index (χ0) is 47.1. The molecule has 3 amide bonds. The van der Waals surface area contributed by atoms with Crippen LogP contribution in [-0.2, 0) is 38.5 Å². The van der Waals surface area contributed by atoms with E-state index in [9.17, 15) is 33.6 Å². The van der Waals surface area contributed by atoms with Crippen LogP contribution in [0.5, 0.6) is 0 Å². The predicted octanol–water partition coefficient (Wildman–Crippen LogP) is 8.71. The van der Waals surface area contributed by atoms with E-state index in [0.717, 1.165) is 52.6 Å². The van der Waals surface area contributed by atoms with Crippen molar-refractivity contribution in [2.45, 2.75) is 114 Å². The average Bonchev–Trinajstić information content (AvgIpc) is 4.01. The number of likely N-dealkylation sites (tertiary alicyclic amines) is 1. The lowest BCUT2D eigenvalue weighted by molar-refractivity contribution is -0.147. The Labute approximate surface area is 391 Å². The van der Waals surface area contributed by atoms with E-state index in [4.69, 9.17) is 15.6 Å². The zero-order valence-corrected chi connectivity index (χ0v) is 40.3. The fourth-order valence-corrected chi connectivity index (χ4v) is 13.0. The third-order valence-electron chi connectivity index (χ3n) is 11.8. The Balaban J connectivity index is 1.17. The topological polar surface area (TPSA) is 164 Å². The van der Waals surface area contributed by atoms with Gasteiger partial charge in [0.2, 0.25) is 17.9 Å². The third kappa shape index (κ3) is 12.5. The summed E-state index contributed by atoms with van der Waals surface area (Å²) in [6.45, 7) is 15.0. The number of benzene rings is 2. The summed E-state index contributed by atoms with van der Waals surface area (Å²) in [5.41, 5.74) is -3.91. The zero-order valence-electron chi connectivity index (χ0n) is 37.0. The van der Waals surface area contributed by atoms with Crippen LogP contribution in [0.15, 0.2) is 54.6 Å². The van der Waals surface area contributed by atoms with Crippen LogP contribution in [0.1, 0.15) is 99.4 Å². The molecule has 65 heavy (non-hydrogen) atoms. The highest BCUT2D eigenvalue weighted by molar-refractivity contribution is 8.13. The molecular formula is C46H57F2N4O9PS3. The van der Waals surface area contributed by atoms with E-state index < -0.39 is 68.1 Å². The summed E-state index contributed by atoms with van der Waals surface area (Å²) in [7, 11) is -5.27. The molecule has 2 aromatic carbocycles. The molecule has 2 N–H and O–H groups in total. The van der Waals surface area contributed by atoms with Gasteiger partial charge >= 0.3 is 13.3 Å². The van der Waals surface area contributed by atoms with Gasteiger partial charge in [0.15, 0.2) is 10.2 Å². The van der Waals surface area contributed by atoms with Gasteiger partial charge in [-0.15, -0.1) is 11.3 Å². The molecule has 3 aliphatic rings. The Morgan fingerprint density at radius 3 is 2.18 bits per heavy atom. The maximum absolute atomic E-state index is 16.5. The molecule has 0 radical (unpaired) electrons. The molecule has 4 heterocycles. The Kier molecular flexibility index (Phi) is 17.5. The summed E-state index contributed by atoms with van der Waals surface area (Å²) < 4.78 is 58.1. The first-order valence-corrected chi connectivity index (χ1v) is 26.4. The van der Waals surface area contributed by atoms with E-state index >= 15 is 8.78 Å². The summed E-state index contributed by atoms with van der Waals surface area (Å²) in [5, 5.41) is 13.6. The second-order valence-electron chi connectivity index (χ2n) is 17.6. The molecular weight excluding hydrogens is 918 g/mol. The van der Waals surface area contributed by atoms with Crippen LogP contribution < -0.4 is 5.32 Å². The van der Waals surface area contributed by atoms with Crippen molar-refractivity contribution in [2.75, 3.05) is 37.8 Å². The minimum atomic E-state index is -5.27. The first-order chi connectivity index (χ1) is 30.9. The number of thiophene rings is 1. The molecule has 0 saturated carbocycles. The highest BCUT2D eigenvalue weighted by atomic mass is 32.2. The molecule has 3 saturated heterocycles. The van der Waals surface area contributed by atoms with Gasteiger partial charge in [-0.1, -0.05) is 87.6 Å². The van der Waals surface area contributed by atoms with Crippen LogP contribution in [0.25, 0.3) is 14.9 Å². The lowest BCUT2D eigenvalue weighted by atomic mass is 9.95. The number of alkyl halides is 2. The molecule has 352 valence electrons. The van der Waals surface area contributed by atoms with Crippen LogP contribution in [0.3, 0.4) is 0 Å². The lowest BCUT2D eigenvalue weighted by Crippen LogP contribution is -2.57. The molecule has 6 atom stereocenters. The van der Waals surface area contributed by atoms with Gasteiger partial charge in [0.1, 0.15) is 12.1 Å². The monoisotopic (exact) mass is 974 g/mol. The normalized spacial score (nSPS) is 22.8. The molecule has 3 aromatic rings. The SMILES string of the molecule is [C-]#[N+][C@H]1CN(C(=O)[C@@H]2CC[C@@H]3CC[C@H](O)C[C@H](NC(=O)c4cc5cc(C(F)(F)P(=O)(OCCSC(=O)CC(C)C)OCCSC(=O)CC(C)C)ccc5s4)C(=O)N32)CC1c1ccccc1. The van der Waals surface area contributed by atoms with Crippen molar-refractivity contribution in [3.8, 4) is 0 Å². The summed E-state index contributed by atoms with van der Waals surface area (Å²) in [6.07, 6.45) is 1.32. The predicted molar refractivity (Wildman–Crippen MR) is 250 cm³/mol. The maximum atomic E-state index is 16.5. The number of thioether (sulfide) groups is 2. The van der Waals surface area contributed by atoms with Crippen LogP contribution in [0.2, 0.25) is 0 Å². The van der Waals surface area contributed by atoms with Crippen molar-refractivity contribution >= 4 is 80.5 Å². The number of nitrogens with one attached hydrogen (secondary N) is 1. The minimum Gasteiger partial charge on any atom is -0.393 e. The van der Waals surface area contributed by atoms with Gasteiger partial charge in [0.25, 0.3) is 5.91 Å². The van der Waals surface area contributed by atoms with Crippen LogP contribution in [0.4, 0.5) is 8.78 Å². The van der Waals surface area contributed by atoms with E-state index in [0.29, 0.717) is 36.9 Å². The molecule has 13 nitrogen and oxygen atoms in total. The fraction of sp³-hybridized carbons (Fsp3) is 0.565. The van der Waals surface area contributed by atoms with Gasteiger partial charge in [-0.25, -0.2) is 6.57 Å². The molecule has 0 spiro atoms. The van der Waals surface area contributed by atoms with E-state index in [-0.39, 0.29) is 87.5 Å². The molecule has 6 rings (SSSR count). The molecule has 0 bridgehead atoms. The summed E-state index contributed by atoms with van der Waals surface area (Å²) in [5.74, 6) is -1.47. The maximum Gasteiger partial charge on any atom is 0.404 e. The molecule has 0 aliphatic carbocycles. The van der Waals surface area contributed by atoms with Gasteiger partial charge in [0, 0.05) is 53.6 Å². The Hall–Kier alpha value is -3.69. The minimum absolute atomic E-state index is 0.0358. The molecule has 1 unspecified atom stereocenters. The second kappa shape index (κ2) is 22.4. The number of nitrogens with zero attached hydrogens (tertiary/aromatic N) is 3. The molecule has 19 heteroatoms. The Morgan fingerprint density at radius 2 is 1.57 bits per heavy atom. The first-order valence-electron chi connectivity index (χ1n) is 22.0. The molecule has 1 aromatic heterocycles. The Bertz CT molecular complexity index is 2260. The van der Waals surface area contributed by atoms with Crippen molar-refractivity contribution in [1.82, 2.24) is 15.1 Å². The smallest absolute Gasteiger partial charge is 0.393 e. The van der Waals surface area contributed by atoms with Gasteiger partial charge in [-0.05, 0) is 66.7 Å². The number of fused-ring (bicyclic) bond motifs is 2. The number of amides is 3. The number of rotatable bonds is 18. The summed E-state index contributed by atoms with van der Waals surface area (Å²) in [6, 6.07) is 11.7. The highest BCUT2D eigenvalue weighted by Gasteiger charge is 2.55. The van der Waals surface area contributed by atoms with Crippen LogP contribution in [-0.4, -0.2) is 111 Å². The number of aliphatic hydroxyl groups is 1. The van der Waals surface area contributed by atoms with E-state index in [1.54, 1.807) is 9.80 Å². The number of halogens is 2. The number of hydrogen-bond acceptors (Lipinski definition) is 12. The fourth-order valence-electron chi connectivity index (χ4n) is 8.59. The second-order valence-corrected chi connectivity index (χ2v) is 23.1. The van der Waals surface area contributed by atoms with Crippen molar-refractivity contribution in [2.24, 2.45) is 11.8 Å². The summed E-state index contributed by atoms with van der Waals surface area (Å²) >= 11 is 2.77. The van der Waals surface area contributed by atoms with E-state index in [2.05, 4.69) is 10.2 Å². The lowest BCUT2D eigenvalue weighted by Gasteiger charge is -2.37. The number of carbonyl (C=O) groups excluding carboxylic acids is 5. The largest absolute Gasteiger partial charge is 0.404 e. The molecule has 3 fully saturated rings. The highest BCUT2D eigenvalue weighted by Crippen LogP contribution is 2.67. The van der Waals surface area contributed by atoms with Crippen molar-refractivity contribution in [3.05, 3.63) is 82.0 Å². The van der Waals surface area contributed by atoms with Gasteiger partial charge in [0.05, 0.1) is 36.7 Å². The van der Waals surface area contributed by atoms with Crippen molar-refractivity contribution < 1.29 is 51.5 Å². The van der Waals surface area contributed by atoms with Gasteiger partial charge in [-0.2, -0.15) is 8.78 Å². The van der Waals surface area contributed by atoms with Gasteiger partial charge in [-0.3, -0.25) is 28.5 Å². The number of hydrogen-bond donors (Lipinski definition) is 2. The van der Waals surface area contributed by atoms with Crippen molar-refractivity contribution in [3.63, 3.8) is 0 Å². The first kappa shape index (κ1) is 50.7. The van der Waals surface area contributed by atoms with Crippen LogP contribution in [0, 0.1) is 18.4 Å². The van der Waals surface area contributed by atoms with Crippen LogP contribution >= 0.6 is 42.5 Å². The van der Waals surface area contributed by atoms with E-state index in [1.807, 2.05) is 58.0 Å². The average molecular weight is 975 g/mol. The molecule has 3 aliphatic heterocycles. The third-order valence-corrected chi connectivity index (χ3v) is 16.6. The quantitative estimate of drug-likeness (QED) is 0.0712. The number of carbonyl (C=O) groups is 5.